The molecule has 1 saturated heterocycles. The van der Waals surface area contributed by atoms with Crippen LogP contribution in [0.2, 0.25) is 0 Å². The van der Waals surface area contributed by atoms with Crippen LogP contribution in [-0.4, -0.2) is 54.7 Å². The first kappa shape index (κ1) is 16.0. The molecule has 0 saturated carbocycles. The lowest BCUT2D eigenvalue weighted by Gasteiger charge is -2.35. The first-order valence-electron chi connectivity index (χ1n) is 7.86. The van der Waals surface area contributed by atoms with Crippen LogP contribution in [0.4, 0.5) is 5.69 Å². The molecule has 0 aliphatic carbocycles. The summed E-state index contributed by atoms with van der Waals surface area (Å²) in [5.41, 5.74) is 1.85. The SMILES string of the molecule is COc1ccccc1N1CCN(/N=C/c2ccc(O)c(O)c2)CC1. The van der Waals surface area contributed by atoms with Gasteiger partial charge in [-0.2, -0.15) is 5.10 Å². The van der Waals surface area contributed by atoms with E-state index >= 15 is 0 Å². The van der Waals surface area contributed by atoms with E-state index < -0.39 is 0 Å². The van der Waals surface area contributed by atoms with Gasteiger partial charge in [-0.25, -0.2) is 0 Å². The molecular weight excluding hydrogens is 306 g/mol. The molecule has 0 amide bonds. The maximum Gasteiger partial charge on any atom is 0.158 e. The van der Waals surface area contributed by atoms with Gasteiger partial charge in [-0.15, -0.1) is 0 Å². The highest BCUT2D eigenvalue weighted by atomic mass is 16.5. The lowest BCUT2D eigenvalue weighted by Crippen LogP contribution is -2.44. The van der Waals surface area contributed by atoms with E-state index in [2.05, 4.69) is 16.1 Å². The summed E-state index contributed by atoms with van der Waals surface area (Å²) in [6, 6.07) is 12.7. The average Bonchev–Trinajstić information content (AvgIpc) is 2.63. The number of methoxy groups -OCH3 is 1. The van der Waals surface area contributed by atoms with Crippen molar-refractivity contribution in [3.63, 3.8) is 0 Å². The maximum atomic E-state index is 9.50. The van der Waals surface area contributed by atoms with Crippen molar-refractivity contribution < 1.29 is 14.9 Å². The van der Waals surface area contributed by atoms with Crippen LogP contribution >= 0.6 is 0 Å². The second-order valence-corrected chi connectivity index (χ2v) is 5.61. The van der Waals surface area contributed by atoms with Gasteiger partial charge in [0.2, 0.25) is 0 Å². The summed E-state index contributed by atoms with van der Waals surface area (Å²) in [7, 11) is 1.69. The van der Waals surface area contributed by atoms with E-state index in [4.69, 9.17) is 4.74 Å². The summed E-state index contributed by atoms with van der Waals surface area (Å²) in [6.07, 6.45) is 1.69. The van der Waals surface area contributed by atoms with Gasteiger partial charge in [-0.05, 0) is 35.9 Å². The number of hydrogen-bond donors (Lipinski definition) is 2. The Kier molecular flexibility index (Phi) is 4.74. The zero-order chi connectivity index (χ0) is 16.9. The molecule has 1 aliphatic rings. The Hall–Kier alpha value is -2.89. The number of phenols is 2. The molecule has 24 heavy (non-hydrogen) atoms. The van der Waals surface area contributed by atoms with Gasteiger partial charge in [0, 0.05) is 13.1 Å². The Morgan fingerprint density at radius 3 is 2.46 bits per heavy atom. The molecule has 0 radical (unpaired) electrons. The number of piperazine rings is 1. The molecule has 6 nitrogen and oxygen atoms in total. The number of hydrogen-bond acceptors (Lipinski definition) is 6. The van der Waals surface area contributed by atoms with Gasteiger partial charge in [0.1, 0.15) is 5.75 Å². The third-order valence-electron chi connectivity index (χ3n) is 4.05. The summed E-state index contributed by atoms with van der Waals surface area (Å²) < 4.78 is 5.42. The summed E-state index contributed by atoms with van der Waals surface area (Å²) in [4.78, 5) is 2.29. The van der Waals surface area contributed by atoms with Crippen LogP contribution in [0.1, 0.15) is 5.56 Å². The van der Waals surface area contributed by atoms with E-state index in [-0.39, 0.29) is 11.5 Å². The number of para-hydroxylation sites is 2. The number of rotatable bonds is 4. The van der Waals surface area contributed by atoms with E-state index in [1.807, 2.05) is 23.2 Å². The van der Waals surface area contributed by atoms with Gasteiger partial charge >= 0.3 is 0 Å². The van der Waals surface area contributed by atoms with Crippen LogP contribution in [0.25, 0.3) is 0 Å². The predicted octanol–water partition coefficient (Wildman–Crippen LogP) is 2.26. The van der Waals surface area contributed by atoms with Gasteiger partial charge in [0.15, 0.2) is 11.5 Å². The number of aromatic hydroxyl groups is 2. The fraction of sp³-hybridized carbons (Fsp3) is 0.278. The van der Waals surface area contributed by atoms with Gasteiger partial charge < -0.3 is 19.8 Å². The first-order valence-corrected chi connectivity index (χ1v) is 7.86. The Bertz CT molecular complexity index is 725. The van der Waals surface area contributed by atoms with Gasteiger partial charge in [-0.1, -0.05) is 12.1 Å². The fourth-order valence-corrected chi connectivity index (χ4v) is 2.71. The first-order chi connectivity index (χ1) is 11.7. The molecule has 2 aromatic rings. The second-order valence-electron chi connectivity index (χ2n) is 5.61. The van der Waals surface area contributed by atoms with Gasteiger partial charge in [0.05, 0.1) is 32.1 Å². The molecule has 1 fully saturated rings. The Morgan fingerprint density at radius 1 is 1.00 bits per heavy atom. The molecule has 0 atom stereocenters. The third kappa shape index (κ3) is 3.53. The topological polar surface area (TPSA) is 68.5 Å². The Labute approximate surface area is 141 Å². The molecule has 0 unspecified atom stereocenters. The third-order valence-corrected chi connectivity index (χ3v) is 4.05. The van der Waals surface area contributed by atoms with E-state index in [0.29, 0.717) is 0 Å². The number of ether oxygens (including phenoxy) is 1. The van der Waals surface area contributed by atoms with Crippen LogP contribution in [0, 0.1) is 0 Å². The van der Waals surface area contributed by atoms with Crippen molar-refractivity contribution in [2.24, 2.45) is 5.10 Å². The molecule has 0 bridgehead atoms. The molecule has 126 valence electrons. The minimum absolute atomic E-state index is 0.127. The Morgan fingerprint density at radius 2 is 1.75 bits per heavy atom. The normalized spacial score (nSPS) is 15.0. The number of hydrazone groups is 1. The monoisotopic (exact) mass is 327 g/mol. The number of nitrogens with zero attached hydrogens (tertiary/aromatic N) is 3. The van der Waals surface area contributed by atoms with Gasteiger partial charge in [-0.3, -0.25) is 5.01 Å². The minimum Gasteiger partial charge on any atom is -0.504 e. The lowest BCUT2D eigenvalue weighted by atomic mass is 10.2. The van der Waals surface area contributed by atoms with Crippen molar-refractivity contribution in [2.75, 3.05) is 38.2 Å². The minimum atomic E-state index is -0.139. The molecule has 0 aromatic heterocycles. The quantitative estimate of drug-likeness (QED) is 0.666. The predicted molar refractivity (Wildman–Crippen MR) is 94.1 cm³/mol. The van der Waals surface area contributed by atoms with Crippen molar-refractivity contribution in [2.45, 2.75) is 0 Å². The second kappa shape index (κ2) is 7.12. The number of benzene rings is 2. The molecule has 0 spiro atoms. The molecule has 2 N–H and O–H groups in total. The molecule has 2 aromatic carbocycles. The van der Waals surface area contributed by atoms with Crippen LogP contribution < -0.4 is 9.64 Å². The van der Waals surface area contributed by atoms with Crippen LogP contribution in [0.5, 0.6) is 17.2 Å². The number of anilines is 1. The van der Waals surface area contributed by atoms with Crippen LogP contribution in [0.3, 0.4) is 0 Å². The molecular formula is C18H21N3O3. The van der Waals surface area contributed by atoms with Crippen molar-refractivity contribution >= 4 is 11.9 Å². The average molecular weight is 327 g/mol. The summed E-state index contributed by atoms with van der Waals surface area (Å²) in [5.74, 6) is 0.617. The Balaban J connectivity index is 1.60. The van der Waals surface area contributed by atoms with Crippen molar-refractivity contribution in [1.29, 1.82) is 0 Å². The summed E-state index contributed by atoms with van der Waals surface area (Å²) >= 11 is 0. The summed E-state index contributed by atoms with van der Waals surface area (Å²) in [5, 5.41) is 25.3. The van der Waals surface area contributed by atoms with Crippen LogP contribution in [-0.2, 0) is 0 Å². The van der Waals surface area contributed by atoms with E-state index in [9.17, 15) is 10.2 Å². The smallest absolute Gasteiger partial charge is 0.158 e. The fourth-order valence-electron chi connectivity index (χ4n) is 2.71. The van der Waals surface area contributed by atoms with Crippen molar-refractivity contribution in [1.82, 2.24) is 5.01 Å². The highest BCUT2D eigenvalue weighted by Crippen LogP contribution is 2.28. The summed E-state index contributed by atoms with van der Waals surface area (Å²) in [6.45, 7) is 3.33. The number of phenolic OH excluding ortho intramolecular Hbond substituents is 2. The maximum absolute atomic E-state index is 9.50. The molecule has 1 aliphatic heterocycles. The van der Waals surface area contributed by atoms with E-state index in [1.54, 1.807) is 19.4 Å². The van der Waals surface area contributed by atoms with Gasteiger partial charge in [0.25, 0.3) is 0 Å². The van der Waals surface area contributed by atoms with E-state index in [1.165, 1.54) is 12.1 Å². The lowest BCUT2D eigenvalue weighted by molar-refractivity contribution is 0.271. The highest BCUT2D eigenvalue weighted by Gasteiger charge is 2.18. The standard InChI is InChI=1S/C18H21N3O3/c1-24-18-5-3-2-4-15(18)20-8-10-21(11-9-20)19-13-14-6-7-16(22)17(23)12-14/h2-7,12-13,22-23H,8-11H2,1H3/b19-13+. The molecule has 3 rings (SSSR count). The highest BCUT2D eigenvalue weighted by molar-refractivity contribution is 5.80. The van der Waals surface area contributed by atoms with Crippen LogP contribution in [0.15, 0.2) is 47.6 Å². The van der Waals surface area contributed by atoms with Crippen molar-refractivity contribution in [3.05, 3.63) is 48.0 Å². The van der Waals surface area contributed by atoms with E-state index in [0.717, 1.165) is 43.2 Å². The van der Waals surface area contributed by atoms with Crippen molar-refractivity contribution in [3.8, 4) is 17.2 Å². The molecule has 6 heteroatoms. The zero-order valence-electron chi connectivity index (χ0n) is 13.6. The molecule has 1 heterocycles. The zero-order valence-corrected chi connectivity index (χ0v) is 13.6. The largest absolute Gasteiger partial charge is 0.504 e.